The highest BCUT2D eigenvalue weighted by molar-refractivity contribution is 7.92. The minimum Gasteiger partial charge on any atom is -0.497 e. The average Bonchev–Trinajstić information content (AvgIpc) is 2.85. The van der Waals surface area contributed by atoms with Gasteiger partial charge in [-0.15, -0.1) is 0 Å². The van der Waals surface area contributed by atoms with E-state index in [1.807, 2.05) is 13.8 Å². The predicted octanol–water partition coefficient (Wildman–Crippen LogP) is 2.94. The lowest BCUT2D eigenvalue weighted by atomic mass is 10.1. The second-order valence-corrected chi connectivity index (χ2v) is 10.3. The lowest BCUT2D eigenvalue weighted by molar-refractivity contribution is -0.139. The summed E-state index contributed by atoms with van der Waals surface area (Å²) in [6, 6.07) is 9.28. The molecule has 198 valence electrons. The van der Waals surface area contributed by atoms with Crippen LogP contribution in [0, 0.1) is 5.82 Å². The van der Waals surface area contributed by atoms with E-state index in [4.69, 9.17) is 9.47 Å². The highest BCUT2D eigenvalue weighted by Crippen LogP contribution is 2.33. The van der Waals surface area contributed by atoms with Crippen molar-refractivity contribution in [2.45, 2.75) is 45.8 Å². The monoisotopic (exact) mass is 523 g/mol. The van der Waals surface area contributed by atoms with Crippen molar-refractivity contribution >= 4 is 27.5 Å². The van der Waals surface area contributed by atoms with E-state index in [1.54, 1.807) is 12.1 Å². The number of rotatable bonds is 12. The largest absolute Gasteiger partial charge is 0.497 e. The normalized spacial score (nSPS) is 12.9. The van der Waals surface area contributed by atoms with Crippen LogP contribution in [0.3, 0.4) is 0 Å². The zero-order valence-electron chi connectivity index (χ0n) is 21.4. The molecule has 2 amide bonds. The summed E-state index contributed by atoms with van der Waals surface area (Å²) in [5.74, 6) is -1.04. The number of ether oxygens (including phenoxy) is 2. The molecule has 0 radical (unpaired) electrons. The second-order valence-electron chi connectivity index (χ2n) is 8.41. The molecule has 2 atom stereocenters. The summed E-state index contributed by atoms with van der Waals surface area (Å²) in [6.07, 6.45) is 1.64. The Morgan fingerprint density at radius 2 is 1.75 bits per heavy atom. The number of methoxy groups -OCH3 is 2. The minimum absolute atomic E-state index is 0.122. The first-order valence-electron chi connectivity index (χ1n) is 11.5. The van der Waals surface area contributed by atoms with E-state index in [0.29, 0.717) is 12.2 Å². The van der Waals surface area contributed by atoms with E-state index in [2.05, 4.69) is 5.32 Å². The summed E-state index contributed by atoms with van der Waals surface area (Å²) in [6.45, 7) is 4.41. The number of carbonyl (C=O) groups is 2. The molecular formula is C25H34FN3O6S. The summed E-state index contributed by atoms with van der Waals surface area (Å²) < 4.78 is 51.3. The number of nitrogens with one attached hydrogen (secondary N) is 1. The van der Waals surface area contributed by atoms with Crippen molar-refractivity contribution in [2.24, 2.45) is 0 Å². The zero-order chi connectivity index (χ0) is 27.0. The van der Waals surface area contributed by atoms with Crippen LogP contribution >= 0.6 is 0 Å². The molecule has 36 heavy (non-hydrogen) atoms. The van der Waals surface area contributed by atoms with Gasteiger partial charge in [-0.3, -0.25) is 13.9 Å². The molecule has 0 unspecified atom stereocenters. The van der Waals surface area contributed by atoms with Crippen LogP contribution in [0.2, 0.25) is 0 Å². The van der Waals surface area contributed by atoms with E-state index in [1.165, 1.54) is 56.4 Å². The van der Waals surface area contributed by atoms with Crippen molar-refractivity contribution < 1.29 is 31.9 Å². The fraction of sp³-hybridized carbons (Fsp3) is 0.440. The van der Waals surface area contributed by atoms with E-state index >= 15 is 0 Å². The van der Waals surface area contributed by atoms with E-state index in [9.17, 15) is 22.4 Å². The molecule has 0 aromatic heterocycles. The molecule has 0 saturated carbocycles. The van der Waals surface area contributed by atoms with Gasteiger partial charge in [-0.2, -0.15) is 0 Å². The number of sulfonamides is 1. The summed E-state index contributed by atoms with van der Waals surface area (Å²) >= 11 is 0. The second kappa shape index (κ2) is 12.6. The smallest absolute Gasteiger partial charge is 0.244 e. The summed E-state index contributed by atoms with van der Waals surface area (Å²) in [4.78, 5) is 27.6. The molecule has 0 aliphatic heterocycles. The molecule has 0 aliphatic carbocycles. The Hall–Kier alpha value is -3.34. The van der Waals surface area contributed by atoms with Gasteiger partial charge in [0, 0.05) is 24.2 Å². The van der Waals surface area contributed by atoms with Crippen molar-refractivity contribution in [3.05, 3.63) is 53.8 Å². The SMILES string of the molecule is CC[C@@H](C)NC(=O)[C@H](C)N(Cc1ccccc1F)C(=O)CN(c1ccc(OC)cc1OC)S(C)(=O)=O. The first-order valence-corrected chi connectivity index (χ1v) is 13.3. The topological polar surface area (TPSA) is 105 Å². The lowest BCUT2D eigenvalue weighted by Gasteiger charge is -2.32. The van der Waals surface area contributed by atoms with E-state index in [-0.39, 0.29) is 29.6 Å². The highest BCUT2D eigenvalue weighted by Gasteiger charge is 2.32. The van der Waals surface area contributed by atoms with Crippen LogP contribution in [0.5, 0.6) is 11.5 Å². The Bertz CT molecular complexity index is 1170. The molecule has 2 aromatic rings. The third kappa shape index (κ3) is 7.33. The summed E-state index contributed by atoms with van der Waals surface area (Å²) in [5, 5.41) is 2.82. The molecule has 0 aliphatic rings. The molecule has 2 rings (SSSR count). The van der Waals surface area contributed by atoms with Crippen LogP contribution < -0.4 is 19.1 Å². The molecule has 0 saturated heterocycles. The van der Waals surface area contributed by atoms with Gasteiger partial charge in [-0.25, -0.2) is 12.8 Å². The summed E-state index contributed by atoms with van der Waals surface area (Å²) in [5.41, 5.74) is 0.318. The quantitative estimate of drug-likeness (QED) is 0.459. The first kappa shape index (κ1) is 28.9. The number of anilines is 1. The fourth-order valence-corrected chi connectivity index (χ4v) is 4.30. The Morgan fingerprint density at radius 3 is 2.31 bits per heavy atom. The van der Waals surface area contributed by atoms with Gasteiger partial charge in [0.05, 0.1) is 26.2 Å². The van der Waals surface area contributed by atoms with Crippen molar-refractivity contribution in [3.63, 3.8) is 0 Å². The van der Waals surface area contributed by atoms with E-state index < -0.39 is 40.2 Å². The van der Waals surface area contributed by atoms with Crippen molar-refractivity contribution in [2.75, 3.05) is 31.3 Å². The molecule has 0 heterocycles. The number of benzene rings is 2. The molecule has 1 N–H and O–H groups in total. The van der Waals surface area contributed by atoms with Gasteiger partial charge in [0.25, 0.3) is 0 Å². The lowest BCUT2D eigenvalue weighted by Crippen LogP contribution is -2.52. The van der Waals surface area contributed by atoms with Gasteiger partial charge < -0.3 is 19.7 Å². The molecule has 9 nitrogen and oxygen atoms in total. The third-order valence-corrected chi connectivity index (χ3v) is 6.93. The van der Waals surface area contributed by atoms with Crippen LogP contribution in [0.1, 0.15) is 32.8 Å². The maximum Gasteiger partial charge on any atom is 0.244 e. The van der Waals surface area contributed by atoms with Gasteiger partial charge in [0.2, 0.25) is 21.8 Å². The predicted molar refractivity (Wildman–Crippen MR) is 136 cm³/mol. The fourth-order valence-electron chi connectivity index (χ4n) is 3.44. The standard InChI is InChI=1S/C25H34FN3O6S/c1-7-17(2)27-25(31)18(3)28(15-19-10-8-9-11-21(19)26)24(30)16-29(36(6,32)33)22-13-12-20(34-4)14-23(22)35-5/h8-14,17-18H,7,15-16H2,1-6H3,(H,27,31)/t17-,18+/m1/s1. The Balaban J connectivity index is 2.47. The van der Waals surface area contributed by atoms with E-state index in [0.717, 1.165) is 10.6 Å². The maximum absolute atomic E-state index is 14.5. The molecule has 0 spiro atoms. The number of hydrogen-bond donors (Lipinski definition) is 1. The molecule has 0 fully saturated rings. The van der Waals surface area contributed by atoms with Gasteiger partial charge in [0.1, 0.15) is 29.9 Å². The van der Waals surface area contributed by atoms with Gasteiger partial charge in [0.15, 0.2) is 0 Å². The van der Waals surface area contributed by atoms with Crippen molar-refractivity contribution in [3.8, 4) is 11.5 Å². The number of carbonyl (C=O) groups excluding carboxylic acids is 2. The highest BCUT2D eigenvalue weighted by atomic mass is 32.2. The molecule has 11 heteroatoms. The van der Waals surface area contributed by atoms with Crippen molar-refractivity contribution in [1.82, 2.24) is 10.2 Å². The van der Waals surface area contributed by atoms with Gasteiger partial charge >= 0.3 is 0 Å². The Morgan fingerprint density at radius 1 is 1.08 bits per heavy atom. The van der Waals surface area contributed by atoms with Crippen LogP contribution in [0.15, 0.2) is 42.5 Å². The minimum atomic E-state index is -3.96. The summed E-state index contributed by atoms with van der Waals surface area (Å²) in [7, 11) is -1.13. The zero-order valence-corrected chi connectivity index (χ0v) is 22.3. The third-order valence-electron chi connectivity index (χ3n) is 5.80. The number of nitrogens with zero attached hydrogens (tertiary/aromatic N) is 2. The van der Waals surface area contributed by atoms with Gasteiger partial charge in [-0.05, 0) is 38.5 Å². The number of halogens is 1. The van der Waals surface area contributed by atoms with Gasteiger partial charge in [-0.1, -0.05) is 25.1 Å². The first-order chi connectivity index (χ1) is 16.9. The molecule has 0 bridgehead atoms. The number of amides is 2. The number of hydrogen-bond acceptors (Lipinski definition) is 6. The average molecular weight is 524 g/mol. The van der Waals surface area contributed by atoms with Crippen LogP contribution in [0.4, 0.5) is 10.1 Å². The maximum atomic E-state index is 14.5. The Labute approximate surface area is 212 Å². The van der Waals surface area contributed by atoms with Crippen LogP contribution in [-0.2, 0) is 26.2 Å². The molecular weight excluding hydrogens is 489 g/mol. The van der Waals surface area contributed by atoms with Crippen molar-refractivity contribution in [1.29, 1.82) is 0 Å². The van der Waals surface area contributed by atoms with Crippen LogP contribution in [0.25, 0.3) is 0 Å². The molecule has 2 aromatic carbocycles. The van der Waals surface area contributed by atoms with Crippen LogP contribution in [-0.4, -0.2) is 64.2 Å². The Kier molecular flexibility index (Phi) is 10.1.